The van der Waals surface area contributed by atoms with Gasteiger partial charge in [-0.1, -0.05) is 42.5 Å². The molecule has 1 heterocycles. The van der Waals surface area contributed by atoms with Crippen LogP contribution in [0.1, 0.15) is 27.4 Å². The van der Waals surface area contributed by atoms with E-state index in [1.807, 2.05) is 30.3 Å². The van der Waals surface area contributed by atoms with Crippen LogP contribution in [0.25, 0.3) is 0 Å². The van der Waals surface area contributed by atoms with E-state index >= 15 is 0 Å². The molecule has 0 saturated carbocycles. The van der Waals surface area contributed by atoms with Crippen LogP contribution in [0, 0.1) is 0 Å². The first-order valence-electron chi connectivity index (χ1n) is 10.9. The highest BCUT2D eigenvalue weighted by atomic mass is 16.7. The lowest BCUT2D eigenvalue weighted by atomic mass is 9.90. The summed E-state index contributed by atoms with van der Waals surface area (Å²) in [5, 5.41) is 5.58. The lowest BCUT2D eigenvalue weighted by Gasteiger charge is -2.14. The minimum Gasteiger partial charge on any atom is -0.437 e. The monoisotopic (exact) mass is 472 g/mol. The van der Waals surface area contributed by atoms with Crippen LogP contribution in [0.15, 0.2) is 77.8 Å². The van der Waals surface area contributed by atoms with E-state index in [0.29, 0.717) is 41.3 Å². The van der Waals surface area contributed by atoms with Crippen molar-refractivity contribution in [3.05, 3.63) is 89.5 Å². The third-order valence-corrected chi connectivity index (χ3v) is 5.35. The van der Waals surface area contributed by atoms with Crippen LogP contribution in [0.3, 0.4) is 0 Å². The lowest BCUT2D eigenvalue weighted by Crippen LogP contribution is -2.28. The second-order valence-electron chi connectivity index (χ2n) is 7.69. The standard InChI is InChI=1S/C26H24N4O5/c1-34-26(33)35-19-10-11-20-21(15-19)30-25(32)22(20)23(16-6-3-2-4-7-16)29-18-9-5-8-17(14-18)24(31)28-13-12-27/h2-11,14-15,22H,12-13,27H2,1H3,(H,28,31)(H,30,32). The van der Waals surface area contributed by atoms with Gasteiger partial charge in [-0.25, -0.2) is 4.79 Å². The largest absolute Gasteiger partial charge is 0.513 e. The number of anilines is 1. The van der Waals surface area contributed by atoms with Crippen molar-refractivity contribution in [2.45, 2.75) is 5.92 Å². The van der Waals surface area contributed by atoms with Crippen LogP contribution in [0.4, 0.5) is 16.2 Å². The maximum atomic E-state index is 13.1. The molecule has 0 spiro atoms. The normalized spacial score (nSPS) is 14.6. The molecule has 3 aromatic carbocycles. The van der Waals surface area contributed by atoms with E-state index in [4.69, 9.17) is 15.5 Å². The van der Waals surface area contributed by atoms with Gasteiger partial charge in [0.1, 0.15) is 11.7 Å². The van der Waals surface area contributed by atoms with Gasteiger partial charge in [-0.3, -0.25) is 14.6 Å². The first-order chi connectivity index (χ1) is 17.0. The number of ether oxygens (including phenoxy) is 2. The van der Waals surface area contributed by atoms with Gasteiger partial charge in [-0.2, -0.15) is 0 Å². The third-order valence-electron chi connectivity index (χ3n) is 5.35. The zero-order valence-electron chi connectivity index (χ0n) is 19.0. The van der Waals surface area contributed by atoms with Gasteiger partial charge in [-0.05, 0) is 35.4 Å². The number of hydrogen-bond donors (Lipinski definition) is 3. The highest BCUT2D eigenvalue weighted by molar-refractivity contribution is 6.24. The molecule has 2 amide bonds. The second kappa shape index (κ2) is 10.6. The van der Waals surface area contributed by atoms with Crippen molar-refractivity contribution in [2.75, 3.05) is 25.5 Å². The fourth-order valence-corrected chi connectivity index (χ4v) is 3.76. The smallest absolute Gasteiger partial charge is 0.437 e. The number of rotatable bonds is 7. The van der Waals surface area contributed by atoms with E-state index in [9.17, 15) is 14.4 Å². The summed E-state index contributed by atoms with van der Waals surface area (Å²) in [7, 11) is 1.22. The van der Waals surface area contributed by atoms with Gasteiger partial charge in [0.15, 0.2) is 0 Å². The second-order valence-corrected chi connectivity index (χ2v) is 7.69. The number of carbonyl (C=O) groups is 3. The predicted octanol–water partition coefficient (Wildman–Crippen LogP) is 3.38. The topological polar surface area (TPSA) is 132 Å². The van der Waals surface area contributed by atoms with Gasteiger partial charge >= 0.3 is 6.16 Å². The minimum absolute atomic E-state index is 0.242. The average molecular weight is 473 g/mol. The van der Waals surface area contributed by atoms with Crippen LogP contribution in [0.2, 0.25) is 0 Å². The fourth-order valence-electron chi connectivity index (χ4n) is 3.76. The van der Waals surface area contributed by atoms with Crippen LogP contribution < -0.4 is 21.1 Å². The Labute approximate surface area is 202 Å². The van der Waals surface area contributed by atoms with Crippen molar-refractivity contribution in [3.63, 3.8) is 0 Å². The van der Waals surface area contributed by atoms with E-state index in [1.165, 1.54) is 7.11 Å². The van der Waals surface area contributed by atoms with Gasteiger partial charge in [0.25, 0.3) is 5.91 Å². The average Bonchev–Trinajstić information content (AvgIpc) is 3.21. The number of amides is 2. The summed E-state index contributed by atoms with van der Waals surface area (Å²) in [5.74, 6) is -0.995. The zero-order chi connectivity index (χ0) is 24.8. The van der Waals surface area contributed by atoms with Crippen molar-refractivity contribution in [2.24, 2.45) is 10.7 Å². The molecule has 4 N–H and O–H groups in total. The Balaban J connectivity index is 1.74. The number of benzene rings is 3. The number of methoxy groups -OCH3 is 1. The molecule has 1 aliphatic heterocycles. The molecule has 0 aliphatic carbocycles. The lowest BCUT2D eigenvalue weighted by molar-refractivity contribution is -0.115. The Bertz CT molecular complexity index is 1290. The van der Waals surface area contributed by atoms with Crippen LogP contribution in [-0.4, -0.2) is 43.9 Å². The number of fused-ring (bicyclic) bond motifs is 1. The number of nitrogens with zero attached hydrogens (tertiary/aromatic N) is 1. The Morgan fingerprint density at radius 2 is 1.80 bits per heavy atom. The number of carbonyl (C=O) groups excluding carboxylic acids is 3. The molecule has 0 saturated heterocycles. The Morgan fingerprint density at radius 1 is 1.03 bits per heavy atom. The SMILES string of the molecule is COC(=O)Oc1ccc2c(c1)NC(=O)C2C(=Nc1cccc(C(=O)NCCN)c1)c1ccccc1. The van der Waals surface area contributed by atoms with Gasteiger partial charge in [0, 0.05) is 30.4 Å². The van der Waals surface area contributed by atoms with E-state index in [-0.39, 0.29) is 17.6 Å². The molecule has 0 aromatic heterocycles. The number of hydrogen-bond acceptors (Lipinski definition) is 7. The predicted molar refractivity (Wildman–Crippen MR) is 131 cm³/mol. The zero-order valence-corrected chi connectivity index (χ0v) is 19.0. The molecule has 0 fully saturated rings. The fraction of sp³-hybridized carbons (Fsp3) is 0.154. The van der Waals surface area contributed by atoms with Crippen molar-refractivity contribution >= 4 is 35.1 Å². The van der Waals surface area contributed by atoms with Gasteiger partial charge in [0.05, 0.1) is 18.5 Å². The first kappa shape index (κ1) is 23.7. The van der Waals surface area contributed by atoms with Crippen LogP contribution in [-0.2, 0) is 9.53 Å². The van der Waals surface area contributed by atoms with Crippen LogP contribution >= 0.6 is 0 Å². The molecule has 1 unspecified atom stereocenters. The van der Waals surface area contributed by atoms with Crippen molar-refractivity contribution in [1.82, 2.24) is 5.32 Å². The molecular weight excluding hydrogens is 448 g/mol. The summed E-state index contributed by atoms with van der Waals surface area (Å²) in [6, 6.07) is 21.1. The maximum Gasteiger partial charge on any atom is 0.513 e. The van der Waals surface area contributed by atoms with Crippen LogP contribution in [0.5, 0.6) is 5.75 Å². The van der Waals surface area contributed by atoms with E-state index in [1.54, 1.807) is 42.5 Å². The minimum atomic E-state index is -0.854. The van der Waals surface area contributed by atoms with Gasteiger partial charge < -0.3 is 25.8 Å². The van der Waals surface area contributed by atoms with Crippen molar-refractivity contribution in [1.29, 1.82) is 0 Å². The van der Waals surface area contributed by atoms with E-state index in [2.05, 4.69) is 15.4 Å². The molecule has 3 aromatic rings. The molecule has 9 heteroatoms. The molecule has 9 nitrogen and oxygen atoms in total. The molecular formula is C26H24N4O5. The summed E-state index contributed by atoms with van der Waals surface area (Å²) in [6.07, 6.45) is -0.854. The van der Waals surface area contributed by atoms with E-state index < -0.39 is 12.1 Å². The highest BCUT2D eigenvalue weighted by Crippen LogP contribution is 2.38. The quantitative estimate of drug-likeness (QED) is 0.274. The molecule has 1 atom stereocenters. The number of aliphatic imine (C=N–C) groups is 1. The molecule has 0 radical (unpaired) electrons. The highest BCUT2D eigenvalue weighted by Gasteiger charge is 2.35. The Kier molecular flexibility index (Phi) is 7.18. The van der Waals surface area contributed by atoms with E-state index in [0.717, 1.165) is 5.56 Å². The molecule has 4 rings (SSSR count). The molecule has 1 aliphatic rings. The Morgan fingerprint density at radius 3 is 2.54 bits per heavy atom. The molecule has 178 valence electrons. The molecule has 35 heavy (non-hydrogen) atoms. The summed E-state index contributed by atoms with van der Waals surface area (Å²) in [5.41, 5.74) is 8.91. The molecule has 0 bridgehead atoms. The van der Waals surface area contributed by atoms with Crippen molar-refractivity contribution in [3.8, 4) is 5.75 Å². The van der Waals surface area contributed by atoms with Gasteiger partial charge in [-0.15, -0.1) is 0 Å². The maximum absolute atomic E-state index is 13.1. The summed E-state index contributed by atoms with van der Waals surface area (Å²) < 4.78 is 9.60. The first-order valence-corrected chi connectivity index (χ1v) is 10.9. The van der Waals surface area contributed by atoms with Gasteiger partial charge in [0.2, 0.25) is 5.91 Å². The van der Waals surface area contributed by atoms with Crippen molar-refractivity contribution < 1.29 is 23.9 Å². The number of nitrogens with two attached hydrogens (primary N) is 1. The summed E-state index contributed by atoms with van der Waals surface area (Å²) in [4.78, 5) is 41.8. The summed E-state index contributed by atoms with van der Waals surface area (Å²) in [6.45, 7) is 0.701. The number of nitrogens with one attached hydrogen (secondary N) is 2. The summed E-state index contributed by atoms with van der Waals surface area (Å²) >= 11 is 0. The third kappa shape index (κ3) is 5.36. The Hall–Kier alpha value is -4.50.